The van der Waals surface area contributed by atoms with Crippen LogP contribution in [0.4, 0.5) is 11.4 Å². The van der Waals surface area contributed by atoms with Gasteiger partial charge in [-0.3, -0.25) is 4.79 Å². The third-order valence-electron chi connectivity index (χ3n) is 4.41. The predicted octanol–water partition coefficient (Wildman–Crippen LogP) is 4.29. The Morgan fingerprint density at radius 1 is 1.27 bits per heavy atom. The Kier molecular flexibility index (Phi) is 5.73. The van der Waals surface area contributed by atoms with E-state index in [1.54, 1.807) is 0 Å². The Hall–Kier alpha value is -1.23. The van der Waals surface area contributed by atoms with Crippen LogP contribution in [-0.4, -0.2) is 29.6 Å². The molecule has 0 spiro atoms. The molecule has 1 aliphatic heterocycles. The number of carbonyl (C=O) groups excluding carboxylic acids is 1. The van der Waals surface area contributed by atoms with E-state index in [4.69, 9.17) is 0 Å². The van der Waals surface area contributed by atoms with Crippen LogP contribution < -0.4 is 10.6 Å². The molecule has 1 amide bonds. The van der Waals surface area contributed by atoms with Crippen molar-refractivity contribution in [2.75, 3.05) is 17.2 Å². The second kappa shape index (κ2) is 7.36. The number of rotatable bonds is 6. The molecule has 122 valence electrons. The van der Waals surface area contributed by atoms with E-state index in [0.717, 1.165) is 28.8 Å². The fourth-order valence-corrected chi connectivity index (χ4v) is 3.08. The molecule has 4 nitrogen and oxygen atoms in total. The molecule has 1 aliphatic rings. The summed E-state index contributed by atoms with van der Waals surface area (Å²) in [6.45, 7) is 9.22. The third kappa shape index (κ3) is 3.75. The Bertz CT molecular complexity index is 535. The Balaban J connectivity index is 2.11. The van der Waals surface area contributed by atoms with Gasteiger partial charge in [-0.05, 0) is 31.0 Å². The zero-order valence-electron chi connectivity index (χ0n) is 13.8. The summed E-state index contributed by atoms with van der Waals surface area (Å²) >= 11 is 3.49. The van der Waals surface area contributed by atoms with Crippen LogP contribution in [0, 0.1) is 5.92 Å². The zero-order valence-corrected chi connectivity index (χ0v) is 15.4. The molecule has 3 atom stereocenters. The van der Waals surface area contributed by atoms with Gasteiger partial charge >= 0.3 is 0 Å². The summed E-state index contributed by atoms with van der Waals surface area (Å²) in [5.41, 5.74) is 2.17. The molecule has 0 bridgehead atoms. The first kappa shape index (κ1) is 17.1. The highest BCUT2D eigenvalue weighted by Gasteiger charge is 2.31. The van der Waals surface area contributed by atoms with Crippen molar-refractivity contribution in [1.29, 1.82) is 0 Å². The molecule has 0 saturated carbocycles. The molecule has 22 heavy (non-hydrogen) atoms. The summed E-state index contributed by atoms with van der Waals surface area (Å²) in [7, 11) is 0. The molecule has 1 aromatic carbocycles. The van der Waals surface area contributed by atoms with Gasteiger partial charge in [0.05, 0.1) is 17.4 Å². The fraction of sp³-hybridized carbons (Fsp3) is 0.588. The number of fused-ring (bicyclic) bond motifs is 1. The molecular formula is C17H26BrN3O. The number of nitrogens with one attached hydrogen (secondary N) is 2. The second-order valence-electron chi connectivity index (χ2n) is 6.11. The summed E-state index contributed by atoms with van der Waals surface area (Å²) in [6.07, 6.45) is 1.68. The standard InChI is InChI=1S/C17H26BrN3O/c1-5-11(3)10-21(16(22)6-2)12(4)17-19-14-8-7-13(18)9-15(14)20-17/h7-9,11-12,17,19-20H,5-6,10H2,1-4H3. The van der Waals surface area contributed by atoms with Crippen molar-refractivity contribution in [2.45, 2.75) is 52.7 Å². The number of hydrogen-bond donors (Lipinski definition) is 2. The molecule has 5 heteroatoms. The first-order valence-corrected chi connectivity index (χ1v) is 8.87. The number of carbonyl (C=O) groups is 1. The third-order valence-corrected chi connectivity index (χ3v) is 4.90. The smallest absolute Gasteiger partial charge is 0.222 e. The van der Waals surface area contributed by atoms with Crippen molar-refractivity contribution < 1.29 is 4.79 Å². The summed E-state index contributed by atoms with van der Waals surface area (Å²) in [4.78, 5) is 14.4. The van der Waals surface area contributed by atoms with Gasteiger partial charge in [-0.25, -0.2) is 0 Å². The van der Waals surface area contributed by atoms with Gasteiger partial charge in [0, 0.05) is 17.4 Å². The van der Waals surface area contributed by atoms with E-state index in [2.05, 4.69) is 59.5 Å². The van der Waals surface area contributed by atoms with Gasteiger partial charge in [0.2, 0.25) is 5.91 Å². The highest BCUT2D eigenvalue weighted by Crippen LogP contribution is 2.33. The highest BCUT2D eigenvalue weighted by atomic mass is 79.9. The Morgan fingerprint density at radius 2 is 1.95 bits per heavy atom. The first-order valence-electron chi connectivity index (χ1n) is 8.08. The van der Waals surface area contributed by atoms with E-state index in [0.29, 0.717) is 12.3 Å². The molecule has 0 saturated heterocycles. The lowest BCUT2D eigenvalue weighted by Gasteiger charge is -2.35. The molecule has 1 aromatic rings. The lowest BCUT2D eigenvalue weighted by molar-refractivity contribution is -0.133. The van der Waals surface area contributed by atoms with Crippen molar-refractivity contribution in [3.63, 3.8) is 0 Å². The van der Waals surface area contributed by atoms with Crippen molar-refractivity contribution in [3.05, 3.63) is 22.7 Å². The molecule has 3 unspecified atom stereocenters. The quantitative estimate of drug-likeness (QED) is 0.788. The molecule has 2 rings (SSSR count). The van der Waals surface area contributed by atoms with Gasteiger partial charge in [-0.15, -0.1) is 0 Å². The lowest BCUT2D eigenvalue weighted by atomic mass is 10.1. The van der Waals surface area contributed by atoms with Gasteiger partial charge in [-0.2, -0.15) is 0 Å². The van der Waals surface area contributed by atoms with Crippen LogP contribution in [0.15, 0.2) is 22.7 Å². The largest absolute Gasteiger partial charge is 0.362 e. The van der Waals surface area contributed by atoms with Gasteiger partial charge in [0.1, 0.15) is 6.17 Å². The molecule has 1 heterocycles. The molecular weight excluding hydrogens is 342 g/mol. The number of nitrogens with zero attached hydrogens (tertiary/aromatic N) is 1. The summed E-state index contributed by atoms with van der Waals surface area (Å²) in [6, 6.07) is 6.23. The topological polar surface area (TPSA) is 44.4 Å². The average Bonchev–Trinajstić information content (AvgIpc) is 2.93. The molecule has 0 radical (unpaired) electrons. The molecule has 0 fully saturated rings. The van der Waals surface area contributed by atoms with Crippen LogP contribution in [0.1, 0.15) is 40.5 Å². The Labute approximate surface area is 141 Å². The van der Waals surface area contributed by atoms with E-state index < -0.39 is 0 Å². The number of hydrogen-bond acceptors (Lipinski definition) is 3. The van der Waals surface area contributed by atoms with Gasteiger partial charge in [0.25, 0.3) is 0 Å². The molecule has 2 N–H and O–H groups in total. The average molecular weight is 368 g/mol. The van der Waals surface area contributed by atoms with Gasteiger partial charge in [-0.1, -0.05) is 43.1 Å². The maximum absolute atomic E-state index is 12.4. The normalized spacial score (nSPS) is 18.9. The maximum Gasteiger partial charge on any atom is 0.222 e. The van der Waals surface area contributed by atoms with E-state index in [-0.39, 0.29) is 18.1 Å². The molecule has 0 aromatic heterocycles. The zero-order chi connectivity index (χ0) is 16.3. The van der Waals surface area contributed by atoms with Crippen LogP contribution in [0.25, 0.3) is 0 Å². The maximum atomic E-state index is 12.4. The number of halogens is 1. The monoisotopic (exact) mass is 367 g/mol. The minimum atomic E-state index is 0.0452. The van der Waals surface area contributed by atoms with E-state index in [1.807, 2.05) is 17.9 Å². The minimum absolute atomic E-state index is 0.0452. The van der Waals surface area contributed by atoms with Crippen molar-refractivity contribution >= 4 is 33.2 Å². The summed E-state index contributed by atoms with van der Waals surface area (Å²) in [5, 5.41) is 6.98. The van der Waals surface area contributed by atoms with Crippen LogP contribution in [0.5, 0.6) is 0 Å². The van der Waals surface area contributed by atoms with Crippen LogP contribution in [-0.2, 0) is 4.79 Å². The number of amides is 1. The SMILES string of the molecule is CCC(=O)N(CC(C)CC)C(C)C1Nc2ccc(Br)cc2N1. The van der Waals surface area contributed by atoms with Crippen LogP contribution in [0.2, 0.25) is 0 Å². The lowest BCUT2D eigenvalue weighted by Crippen LogP contribution is -2.50. The van der Waals surface area contributed by atoms with Crippen molar-refractivity contribution in [1.82, 2.24) is 4.90 Å². The van der Waals surface area contributed by atoms with Crippen molar-refractivity contribution in [2.24, 2.45) is 5.92 Å². The predicted molar refractivity (Wildman–Crippen MR) is 96.1 cm³/mol. The van der Waals surface area contributed by atoms with E-state index in [1.165, 1.54) is 0 Å². The van der Waals surface area contributed by atoms with E-state index in [9.17, 15) is 4.79 Å². The minimum Gasteiger partial charge on any atom is -0.362 e. The van der Waals surface area contributed by atoms with Crippen molar-refractivity contribution in [3.8, 4) is 0 Å². The number of benzene rings is 1. The van der Waals surface area contributed by atoms with Crippen LogP contribution in [0.3, 0.4) is 0 Å². The first-order chi connectivity index (χ1) is 10.5. The summed E-state index contributed by atoms with van der Waals surface area (Å²) in [5.74, 6) is 0.726. The fourth-order valence-electron chi connectivity index (χ4n) is 2.72. The number of anilines is 2. The van der Waals surface area contributed by atoms with E-state index >= 15 is 0 Å². The van der Waals surface area contributed by atoms with Gasteiger partial charge < -0.3 is 15.5 Å². The highest BCUT2D eigenvalue weighted by molar-refractivity contribution is 9.10. The van der Waals surface area contributed by atoms with Gasteiger partial charge in [0.15, 0.2) is 0 Å². The molecule has 0 aliphatic carbocycles. The second-order valence-corrected chi connectivity index (χ2v) is 7.03. The summed E-state index contributed by atoms with van der Waals surface area (Å²) < 4.78 is 1.05. The Morgan fingerprint density at radius 3 is 2.59 bits per heavy atom. The van der Waals surface area contributed by atoms with Crippen LogP contribution >= 0.6 is 15.9 Å².